The Bertz CT molecular complexity index is 220. The zero-order chi connectivity index (χ0) is 9.19. The number of ether oxygens (including phenoxy) is 1. The molecular formula is C10H14O2. The molecule has 0 radical (unpaired) electrons. The summed E-state index contributed by atoms with van der Waals surface area (Å²) in [5.41, 5.74) is -0.276. The first kappa shape index (κ1) is 9.20. The van der Waals surface area contributed by atoms with E-state index in [1.54, 1.807) is 12.2 Å². The van der Waals surface area contributed by atoms with Crippen molar-refractivity contribution >= 4 is 5.78 Å². The van der Waals surface area contributed by atoms with E-state index in [9.17, 15) is 4.79 Å². The van der Waals surface area contributed by atoms with E-state index in [-0.39, 0.29) is 17.5 Å². The van der Waals surface area contributed by atoms with Gasteiger partial charge < -0.3 is 4.74 Å². The zero-order valence-electron chi connectivity index (χ0n) is 7.38. The maximum absolute atomic E-state index is 11.3. The minimum atomic E-state index is -0.276. The molecule has 0 aliphatic carbocycles. The first-order valence-corrected chi connectivity index (χ1v) is 4.06. The summed E-state index contributed by atoms with van der Waals surface area (Å²) in [7, 11) is 0. The Morgan fingerprint density at radius 1 is 1.58 bits per heavy atom. The highest BCUT2D eigenvalue weighted by Crippen LogP contribution is 2.40. The van der Waals surface area contributed by atoms with Gasteiger partial charge in [-0.05, 0) is 13.3 Å². The molecule has 12 heavy (non-hydrogen) atoms. The SMILES string of the molecule is C=CCC(=O)C1OC1(C)CC=C. The molecule has 66 valence electrons. The molecule has 2 unspecified atom stereocenters. The van der Waals surface area contributed by atoms with Gasteiger partial charge in [-0.1, -0.05) is 12.2 Å². The van der Waals surface area contributed by atoms with Crippen molar-refractivity contribution in [1.82, 2.24) is 0 Å². The van der Waals surface area contributed by atoms with E-state index in [0.717, 1.165) is 6.42 Å². The lowest BCUT2D eigenvalue weighted by Crippen LogP contribution is -2.16. The fourth-order valence-corrected chi connectivity index (χ4v) is 1.33. The highest BCUT2D eigenvalue weighted by molar-refractivity contribution is 5.87. The molecule has 2 atom stereocenters. The molecule has 0 spiro atoms. The van der Waals surface area contributed by atoms with Crippen molar-refractivity contribution in [2.45, 2.75) is 31.5 Å². The molecule has 0 N–H and O–H groups in total. The van der Waals surface area contributed by atoms with Crippen LogP contribution in [-0.2, 0) is 9.53 Å². The van der Waals surface area contributed by atoms with Crippen LogP contribution in [0.15, 0.2) is 25.3 Å². The number of hydrogen-bond acceptors (Lipinski definition) is 2. The second kappa shape index (κ2) is 3.23. The van der Waals surface area contributed by atoms with Crippen LogP contribution in [0.25, 0.3) is 0 Å². The smallest absolute Gasteiger partial charge is 0.168 e. The third-order valence-electron chi connectivity index (χ3n) is 2.07. The molecule has 0 amide bonds. The summed E-state index contributed by atoms with van der Waals surface area (Å²) >= 11 is 0. The Morgan fingerprint density at radius 2 is 2.25 bits per heavy atom. The summed E-state index contributed by atoms with van der Waals surface area (Å²) in [4.78, 5) is 11.3. The topological polar surface area (TPSA) is 29.6 Å². The summed E-state index contributed by atoms with van der Waals surface area (Å²) in [5, 5.41) is 0. The fraction of sp³-hybridized carbons (Fsp3) is 0.500. The van der Waals surface area contributed by atoms with Crippen LogP contribution in [0, 0.1) is 0 Å². The molecule has 1 aliphatic rings. The van der Waals surface area contributed by atoms with Crippen molar-refractivity contribution < 1.29 is 9.53 Å². The van der Waals surface area contributed by atoms with Crippen LogP contribution in [0.5, 0.6) is 0 Å². The molecule has 1 saturated heterocycles. The van der Waals surface area contributed by atoms with E-state index >= 15 is 0 Å². The Kier molecular flexibility index (Phi) is 2.48. The number of allylic oxidation sites excluding steroid dienone is 1. The van der Waals surface area contributed by atoms with Gasteiger partial charge in [0, 0.05) is 6.42 Å². The Labute approximate surface area is 72.9 Å². The number of hydrogen-bond donors (Lipinski definition) is 0. The van der Waals surface area contributed by atoms with Crippen molar-refractivity contribution in [2.75, 3.05) is 0 Å². The average molecular weight is 166 g/mol. The Balaban J connectivity index is 2.44. The zero-order valence-corrected chi connectivity index (χ0v) is 7.38. The quantitative estimate of drug-likeness (QED) is 0.461. The molecule has 2 heteroatoms. The van der Waals surface area contributed by atoms with Gasteiger partial charge in [0.15, 0.2) is 5.78 Å². The lowest BCUT2D eigenvalue weighted by atomic mass is 10.00. The van der Waals surface area contributed by atoms with Crippen molar-refractivity contribution in [3.05, 3.63) is 25.3 Å². The average Bonchev–Trinajstić information content (AvgIpc) is 2.64. The third kappa shape index (κ3) is 1.64. The van der Waals surface area contributed by atoms with Crippen molar-refractivity contribution in [3.63, 3.8) is 0 Å². The normalized spacial score (nSPS) is 32.6. The van der Waals surface area contributed by atoms with Crippen LogP contribution in [0.4, 0.5) is 0 Å². The molecule has 1 aliphatic heterocycles. The van der Waals surface area contributed by atoms with Gasteiger partial charge >= 0.3 is 0 Å². The van der Waals surface area contributed by atoms with Crippen LogP contribution in [0.1, 0.15) is 19.8 Å². The molecule has 0 aromatic heterocycles. The third-order valence-corrected chi connectivity index (χ3v) is 2.07. The van der Waals surface area contributed by atoms with Gasteiger partial charge in [-0.2, -0.15) is 0 Å². The van der Waals surface area contributed by atoms with E-state index in [4.69, 9.17) is 4.74 Å². The van der Waals surface area contributed by atoms with E-state index < -0.39 is 0 Å². The Morgan fingerprint density at radius 3 is 2.75 bits per heavy atom. The summed E-state index contributed by atoms with van der Waals surface area (Å²) in [5.74, 6) is 0.120. The highest BCUT2D eigenvalue weighted by Gasteiger charge is 2.54. The number of rotatable bonds is 5. The largest absolute Gasteiger partial charge is 0.358 e. The van der Waals surface area contributed by atoms with Crippen LogP contribution in [0.2, 0.25) is 0 Å². The number of epoxide rings is 1. The predicted octanol–water partition coefficient (Wildman–Crippen LogP) is 1.87. The molecule has 2 nitrogen and oxygen atoms in total. The lowest BCUT2D eigenvalue weighted by molar-refractivity contribution is -0.119. The van der Waals surface area contributed by atoms with Gasteiger partial charge in [-0.15, -0.1) is 13.2 Å². The summed E-state index contributed by atoms with van der Waals surface area (Å²) in [6.45, 7) is 9.05. The van der Waals surface area contributed by atoms with E-state index in [1.165, 1.54) is 0 Å². The molecular weight excluding hydrogens is 152 g/mol. The molecule has 0 bridgehead atoms. The van der Waals surface area contributed by atoms with Gasteiger partial charge in [-0.3, -0.25) is 4.79 Å². The van der Waals surface area contributed by atoms with E-state index in [0.29, 0.717) is 6.42 Å². The molecule has 1 rings (SSSR count). The minimum Gasteiger partial charge on any atom is -0.358 e. The van der Waals surface area contributed by atoms with E-state index in [2.05, 4.69) is 13.2 Å². The maximum Gasteiger partial charge on any atom is 0.168 e. The number of carbonyl (C=O) groups excluding carboxylic acids is 1. The van der Waals surface area contributed by atoms with Gasteiger partial charge in [0.05, 0.1) is 0 Å². The number of ketones is 1. The second-order valence-electron chi connectivity index (χ2n) is 3.26. The van der Waals surface area contributed by atoms with Crippen LogP contribution < -0.4 is 0 Å². The van der Waals surface area contributed by atoms with Gasteiger partial charge in [-0.25, -0.2) is 0 Å². The molecule has 1 fully saturated rings. The van der Waals surface area contributed by atoms with Gasteiger partial charge in [0.25, 0.3) is 0 Å². The molecule has 0 saturated carbocycles. The van der Waals surface area contributed by atoms with Crippen molar-refractivity contribution in [3.8, 4) is 0 Å². The highest BCUT2D eigenvalue weighted by atomic mass is 16.6. The maximum atomic E-state index is 11.3. The second-order valence-corrected chi connectivity index (χ2v) is 3.26. The fourth-order valence-electron chi connectivity index (χ4n) is 1.33. The molecule has 0 aromatic rings. The van der Waals surface area contributed by atoms with Crippen molar-refractivity contribution in [1.29, 1.82) is 0 Å². The molecule has 0 aromatic carbocycles. The first-order chi connectivity index (χ1) is 5.64. The van der Waals surface area contributed by atoms with Gasteiger partial charge in [0.2, 0.25) is 0 Å². The first-order valence-electron chi connectivity index (χ1n) is 4.06. The lowest BCUT2D eigenvalue weighted by Gasteiger charge is -1.98. The standard InChI is InChI=1S/C10H14O2/c1-4-6-8(11)9-10(3,12-9)7-5-2/h4-5,9H,1-2,6-7H2,3H3. The number of Topliss-reactive ketones (excluding diaryl/α,β-unsaturated/α-hetero) is 1. The monoisotopic (exact) mass is 166 g/mol. The minimum absolute atomic E-state index is 0.120. The summed E-state index contributed by atoms with van der Waals surface area (Å²) in [6, 6.07) is 0. The van der Waals surface area contributed by atoms with Gasteiger partial charge in [0.1, 0.15) is 11.7 Å². The Hall–Kier alpha value is -0.890. The summed E-state index contributed by atoms with van der Waals surface area (Å²) < 4.78 is 5.29. The van der Waals surface area contributed by atoms with Crippen LogP contribution in [-0.4, -0.2) is 17.5 Å². The molecule has 1 heterocycles. The summed E-state index contributed by atoms with van der Waals surface area (Å²) in [6.07, 6.45) is 4.30. The van der Waals surface area contributed by atoms with Crippen molar-refractivity contribution in [2.24, 2.45) is 0 Å². The van der Waals surface area contributed by atoms with Crippen LogP contribution >= 0.6 is 0 Å². The number of carbonyl (C=O) groups is 1. The predicted molar refractivity (Wildman–Crippen MR) is 47.9 cm³/mol. The van der Waals surface area contributed by atoms with Crippen LogP contribution in [0.3, 0.4) is 0 Å². The van der Waals surface area contributed by atoms with E-state index in [1.807, 2.05) is 6.92 Å².